The van der Waals surface area contributed by atoms with Crippen LogP contribution in [0.5, 0.6) is 0 Å². The van der Waals surface area contributed by atoms with Crippen LogP contribution in [0.3, 0.4) is 0 Å². The van der Waals surface area contributed by atoms with Crippen molar-refractivity contribution in [2.24, 2.45) is 0 Å². The minimum atomic E-state index is -0.593. The summed E-state index contributed by atoms with van der Waals surface area (Å²) in [4.78, 5) is 11.3. The highest BCUT2D eigenvalue weighted by molar-refractivity contribution is 9.10. The Balaban J connectivity index is 2.97. The second kappa shape index (κ2) is 6.09. The first kappa shape index (κ1) is 12.5. The maximum absolute atomic E-state index is 11.3. The smallest absolute Gasteiger partial charge is 0.348 e. The van der Waals surface area contributed by atoms with Gasteiger partial charge in [0.15, 0.2) is 0 Å². The summed E-state index contributed by atoms with van der Waals surface area (Å²) in [5, 5.41) is 8.82. The molecular formula is C12H10BrNO2. The number of carbonyl (C=O) groups excluding carboxylic acids is 1. The van der Waals surface area contributed by atoms with Crippen LogP contribution < -0.4 is 0 Å². The fourth-order valence-electron chi connectivity index (χ4n) is 1.11. The molecule has 0 unspecified atom stereocenters. The lowest BCUT2D eigenvalue weighted by Crippen LogP contribution is -2.05. The van der Waals surface area contributed by atoms with E-state index in [9.17, 15) is 4.79 Å². The lowest BCUT2D eigenvalue weighted by Gasteiger charge is -2.00. The van der Waals surface area contributed by atoms with Gasteiger partial charge in [0.25, 0.3) is 0 Å². The van der Waals surface area contributed by atoms with Gasteiger partial charge >= 0.3 is 5.97 Å². The van der Waals surface area contributed by atoms with Crippen LogP contribution in [0.2, 0.25) is 0 Å². The molecule has 82 valence electrons. The van der Waals surface area contributed by atoms with Crippen molar-refractivity contribution in [1.82, 2.24) is 0 Å². The number of carbonyl (C=O) groups is 1. The molecule has 0 aliphatic heterocycles. The Morgan fingerprint density at radius 2 is 2.38 bits per heavy atom. The molecule has 16 heavy (non-hydrogen) atoms. The van der Waals surface area contributed by atoms with Gasteiger partial charge in [0.1, 0.15) is 11.6 Å². The van der Waals surface area contributed by atoms with Crippen LogP contribution in [0.25, 0.3) is 6.08 Å². The Morgan fingerprint density at radius 1 is 1.62 bits per heavy atom. The van der Waals surface area contributed by atoms with E-state index in [1.54, 1.807) is 13.0 Å². The third-order valence-corrected chi connectivity index (χ3v) is 2.27. The maximum Gasteiger partial charge on any atom is 0.348 e. The van der Waals surface area contributed by atoms with Gasteiger partial charge in [-0.15, -0.1) is 0 Å². The Hall–Kier alpha value is -1.60. The molecule has 0 N–H and O–H groups in total. The molecule has 0 aromatic heterocycles. The molecule has 0 fully saturated rings. The molecule has 0 aliphatic carbocycles. The number of hydrogen-bond donors (Lipinski definition) is 0. The van der Waals surface area contributed by atoms with E-state index in [2.05, 4.69) is 15.9 Å². The second-order valence-corrected chi connectivity index (χ2v) is 3.86. The van der Waals surface area contributed by atoms with Crippen molar-refractivity contribution in [2.75, 3.05) is 6.61 Å². The lowest BCUT2D eigenvalue weighted by atomic mass is 10.1. The van der Waals surface area contributed by atoms with Gasteiger partial charge in [-0.3, -0.25) is 0 Å². The zero-order valence-corrected chi connectivity index (χ0v) is 10.3. The normalized spacial score (nSPS) is 10.7. The number of nitriles is 1. The summed E-state index contributed by atoms with van der Waals surface area (Å²) in [5.74, 6) is -0.593. The Morgan fingerprint density at radius 3 is 2.94 bits per heavy atom. The molecule has 4 heteroatoms. The van der Waals surface area contributed by atoms with Gasteiger partial charge < -0.3 is 4.74 Å². The summed E-state index contributed by atoms with van der Waals surface area (Å²) < 4.78 is 5.65. The molecule has 1 aromatic carbocycles. The Kier molecular flexibility index (Phi) is 4.74. The fourth-order valence-corrected chi connectivity index (χ4v) is 1.53. The van der Waals surface area contributed by atoms with Gasteiger partial charge in [-0.05, 0) is 30.7 Å². The fraction of sp³-hybridized carbons (Fsp3) is 0.167. The van der Waals surface area contributed by atoms with E-state index in [1.807, 2.05) is 24.3 Å². The number of esters is 1. The number of hydrogen-bond acceptors (Lipinski definition) is 3. The zero-order chi connectivity index (χ0) is 12.0. The van der Waals surface area contributed by atoms with Gasteiger partial charge in [0.2, 0.25) is 0 Å². The molecule has 0 spiro atoms. The van der Waals surface area contributed by atoms with Crippen LogP contribution in [0.1, 0.15) is 12.5 Å². The van der Waals surface area contributed by atoms with E-state index >= 15 is 0 Å². The summed E-state index contributed by atoms with van der Waals surface area (Å²) in [7, 11) is 0. The standard InChI is InChI=1S/C12H10BrNO2/c1-2-16-12(15)10(8-14)6-9-4-3-5-11(13)7-9/h3-7H,2H2,1H3/b10-6-. The number of benzene rings is 1. The molecule has 0 bridgehead atoms. The minimum absolute atomic E-state index is 0.0000463. The van der Waals surface area contributed by atoms with Crippen molar-refractivity contribution in [1.29, 1.82) is 5.26 Å². The van der Waals surface area contributed by atoms with E-state index in [4.69, 9.17) is 10.00 Å². The first-order chi connectivity index (χ1) is 7.67. The predicted molar refractivity (Wildman–Crippen MR) is 64.4 cm³/mol. The third-order valence-electron chi connectivity index (χ3n) is 1.78. The average molecular weight is 280 g/mol. The molecule has 0 aliphatic rings. The lowest BCUT2D eigenvalue weighted by molar-refractivity contribution is -0.137. The maximum atomic E-state index is 11.3. The van der Waals surface area contributed by atoms with Gasteiger partial charge in [-0.25, -0.2) is 4.79 Å². The van der Waals surface area contributed by atoms with Crippen molar-refractivity contribution in [3.05, 3.63) is 39.9 Å². The van der Waals surface area contributed by atoms with E-state index in [1.165, 1.54) is 6.08 Å². The van der Waals surface area contributed by atoms with Crippen LogP contribution in [0, 0.1) is 11.3 Å². The Bertz CT molecular complexity index is 460. The molecule has 0 saturated carbocycles. The summed E-state index contributed by atoms with van der Waals surface area (Å²) >= 11 is 3.31. The van der Waals surface area contributed by atoms with Gasteiger partial charge in [0.05, 0.1) is 6.61 Å². The molecule has 0 radical (unpaired) electrons. The molecular weight excluding hydrogens is 270 g/mol. The predicted octanol–water partition coefficient (Wildman–Crippen LogP) is 2.92. The number of ether oxygens (including phenoxy) is 1. The number of rotatable bonds is 3. The SMILES string of the molecule is CCOC(=O)/C(C#N)=C\c1cccc(Br)c1. The first-order valence-electron chi connectivity index (χ1n) is 4.72. The van der Waals surface area contributed by atoms with Gasteiger partial charge in [-0.2, -0.15) is 5.26 Å². The molecule has 0 saturated heterocycles. The van der Waals surface area contributed by atoms with E-state index in [-0.39, 0.29) is 12.2 Å². The summed E-state index contributed by atoms with van der Waals surface area (Å²) in [6.45, 7) is 1.96. The molecule has 0 amide bonds. The van der Waals surface area contributed by atoms with E-state index in [0.717, 1.165) is 10.0 Å². The summed E-state index contributed by atoms with van der Waals surface area (Å²) in [6.07, 6.45) is 1.50. The van der Waals surface area contributed by atoms with E-state index < -0.39 is 5.97 Å². The van der Waals surface area contributed by atoms with Gasteiger partial charge in [-0.1, -0.05) is 28.1 Å². The number of nitrogens with zero attached hydrogens (tertiary/aromatic N) is 1. The van der Waals surface area contributed by atoms with Crippen LogP contribution >= 0.6 is 15.9 Å². The topological polar surface area (TPSA) is 50.1 Å². The second-order valence-electron chi connectivity index (χ2n) is 2.95. The van der Waals surface area contributed by atoms with E-state index in [0.29, 0.717) is 0 Å². The molecule has 0 atom stereocenters. The molecule has 1 rings (SSSR count). The summed E-state index contributed by atoms with van der Waals surface area (Å²) in [6, 6.07) is 9.15. The quantitative estimate of drug-likeness (QED) is 0.486. The first-order valence-corrected chi connectivity index (χ1v) is 5.51. The summed E-state index contributed by atoms with van der Waals surface area (Å²) in [5.41, 5.74) is 0.777. The molecule has 3 nitrogen and oxygen atoms in total. The van der Waals surface area contributed by atoms with Crippen molar-refractivity contribution in [2.45, 2.75) is 6.92 Å². The minimum Gasteiger partial charge on any atom is -0.462 e. The highest BCUT2D eigenvalue weighted by atomic mass is 79.9. The van der Waals surface area contributed by atoms with Crippen LogP contribution in [-0.2, 0) is 9.53 Å². The van der Waals surface area contributed by atoms with Crippen LogP contribution in [-0.4, -0.2) is 12.6 Å². The molecule has 0 heterocycles. The van der Waals surface area contributed by atoms with Gasteiger partial charge in [0, 0.05) is 4.47 Å². The van der Waals surface area contributed by atoms with Crippen molar-refractivity contribution < 1.29 is 9.53 Å². The third kappa shape index (κ3) is 3.52. The van der Waals surface area contributed by atoms with Crippen molar-refractivity contribution in [3.8, 4) is 6.07 Å². The number of halogens is 1. The largest absolute Gasteiger partial charge is 0.462 e. The zero-order valence-electron chi connectivity index (χ0n) is 8.74. The monoisotopic (exact) mass is 279 g/mol. The average Bonchev–Trinajstić information content (AvgIpc) is 2.26. The van der Waals surface area contributed by atoms with Crippen LogP contribution in [0.15, 0.2) is 34.3 Å². The highest BCUT2D eigenvalue weighted by Crippen LogP contribution is 2.14. The van der Waals surface area contributed by atoms with Crippen molar-refractivity contribution in [3.63, 3.8) is 0 Å². The molecule has 1 aromatic rings. The Labute approximate surface area is 102 Å². The van der Waals surface area contributed by atoms with Crippen LogP contribution in [0.4, 0.5) is 0 Å². The van der Waals surface area contributed by atoms with Crippen molar-refractivity contribution >= 4 is 28.0 Å². The highest BCUT2D eigenvalue weighted by Gasteiger charge is 2.09.